The molecule has 1 aliphatic carbocycles. The van der Waals surface area contributed by atoms with Gasteiger partial charge in [-0.05, 0) is 26.2 Å². The molecule has 92 valence electrons. The highest BCUT2D eigenvalue weighted by Gasteiger charge is 2.27. The van der Waals surface area contributed by atoms with Crippen molar-refractivity contribution >= 4 is 5.84 Å². The summed E-state index contributed by atoms with van der Waals surface area (Å²) < 4.78 is 5.56. The van der Waals surface area contributed by atoms with Gasteiger partial charge in [0.1, 0.15) is 5.84 Å². The molecule has 2 fully saturated rings. The first-order valence-corrected chi connectivity index (χ1v) is 6.45. The molecule has 1 saturated carbocycles. The molecule has 3 N–H and O–H groups in total. The van der Waals surface area contributed by atoms with Crippen molar-refractivity contribution in [2.75, 3.05) is 6.61 Å². The summed E-state index contributed by atoms with van der Waals surface area (Å²) in [6.45, 7) is 2.87. The quantitative estimate of drug-likeness (QED) is 0.325. The molecule has 0 aromatic rings. The van der Waals surface area contributed by atoms with Crippen molar-refractivity contribution in [3.63, 3.8) is 0 Å². The van der Waals surface area contributed by atoms with Crippen LogP contribution in [0.4, 0.5) is 0 Å². The second-order valence-corrected chi connectivity index (χ2v) is 5.03. The second-order valence-electron chi connectivity index (χ2n) is 5.03. The van der Waals surface area contributed by atoms with E-state index in [2.05, 4.69) is 12.3 Å². The lowest BCUT2D eigenvalue weighted by atomic mass is 9.95. The Balaban J connectivity index is 1.94. The highest BCUT2D eigenvalue weighted by Crippen LogP contribution is 2.23. The number of nitrogens with one attached hydrogen (secondary N) is 1. The summed E-state index contributed by atoms with van der Waals surface area (Å²) in [5, 5.41) is 0. The van der Waals surface area contributed by atoms with E-state index in [1.54, 1.807) is 0 Å². The fourth-order valence-corrected chi connectivity index (χ4v) is 2.68. The van der Waals surface area contributed by atoms with Crippen LogP contribution in [0.15, 0.2) is 4.99 Å². The Morgan fingerprint density at radius 1 is 1.31 bits per heavy atom. The third kappa shape index (κ3) is 2.95. The van der Waals surface area contributed by atoms with Gasteiger partial charge in [0.25, 0.3) is 0 Å². The molecule has 16 heavy (non-hydrogen) atoms. The summed E-state index contributed by atoms with van der Waals surface area (Å²) in [4.78, 5) is 4.77. The zero-order valence-corrected chi connectivity index (χ0v) is 10.1. The first-order chi connectivity index (χ1) is 7.79. The minimum atomic E-state index is 0.343. The predicted molar refractivity (Wildman–Crippen MR) is 65.2 cm³/mol. The molecule has 4 heteroatoms. The molecule has 0 amide bonds. The number of ether oxygens (including phenoxy) is 1. The van der Waals surface area contributed by atoms with E-state index in [1.807, 2.05) is 0 Å². The third-order valence-corrected chi connectivity index (χ3v) is 3.63. The van der Waals surface area contributed by atoms with Gasteiger partial charge in [-0.1, -0.05) is 19.3 Å². The average molecular weight is 225 g/mol. The first-order valence-electron chi connectivity index (χ1n) is 6.45. The van der Waals surface area contributed by atoms with Crippen molar-refractivity contribution in [1.82, 2.24) is 5.43 Å². The Kier molecular flexibility index (Phi) is 4.18. The van der Waals surface area contributed by atoms with Crippen LogP contribution in [0.2, 0.25) is 0 Å². The molecule has 2 rings (SSSR count). The molecule has 0 bridgehead atoms. The van der Waals surface area contributed by atoms with E-state index in [0.717, 1.165) is 18.9 Å². The Hall–Kier alpha value is -0.610. The fourth-order valence-electron chi connectivity index (χ4n) is 2.68. The monoisotopic (exact) mass is 225 g/mol. The van der Waals surface area contributed by atoms with Gasteiger partial charge in [-0.25, -0.2) is 5.84 Å². The van der Waals surface area contributed by atoms with Crippen LogP contribution in [-0.4, -0.2) is 24.6 Å². The SMILES string of the molecule is CC1CC(C(=NC2CCCCC2)NN)CO1. The van der Waals surface area contributed by atoms with Gasteiger partial charge in [0.05, 0.1) is 18.8 Å². The first kappa shape index (κ1) is 11.9. The number of rotatable bonds is 2. The highest BCUT2D eigenvalue weighted by atomic mass is 16.5. The number of hydrogen-bond acceptors (Lipinski definition) is 3. The van der Waals surface area contributed by atoms with Gasteiger partial charge in [0.15, 0.2) is 0 Å². The number of hydrazine groups is 1. The number of hydrogen-bond donors (Lipinski definition) is 2. The largest absolute Gasteiger partial charge is 0.378 e. The van der Waals surface area contributed by atoms with Crippen LogP contribution in [0.3, 0.4) is 0 Å². The number of nitrogens with zero attached hydrogens (tertiary/aromatic N) is 1. The van der Waals surface area contributed by atoms with E-state index in [4.69, 9.17) is 15.6 Å². The lowest BCUT2D eigenvalue weighted by molar-refractivity contribution is 0.123. The van der Waals surface area contributed by atoms with Crippen molar-refractivity contribution in [2.45, 2.75) is 57.6 Å². The van der Waals surface area contributed by atoms with Crippen LogP contribution < -0.4 is 11.3 Å². The van der Waals surface area contributed by atoms with E-state index in [0.29, 0.717) is 18.1 Å². The summed E-state index contributed by atoms with van der Waals surface area (Å²) in [6.07, 6.45) is 7.79. The average Bonchev–Trinajstić information content (AvgIpc) is 2.74. The fraction of sp³-hybridized carbons (Fsp3) is 0.917. The predicted octanol–water partition coefficient (Wildman–Crippen LogP) is 1.61. The molecule has 0 radical (unpaired) electrons. The van der Waals surface area contributed by atoms with E-state index >= 15 is 0 Å². The Morgan fingerprint density at radius 3 is 2.62 bits per heavy atom. The molecule has 2 unspecified atom stereocenters. The zero-order valence-electron chi connectivity index (χ0n) is 10.1. The number of nitrogens with two attached hydrogens (primary N) is 1. The van der Waals surface area contributed by atoms with Crippen LogP contribution in [0.25, 0.3) is 0 Å². The van der Waals surface area contributed by atoms with Crippen LogP contribution in [0.5, 0.6) is 0 Å². The van der Waals surface area contributed by atoms with Gasteiger partial charge in [-0.2, -0.15) is 0 Å². The smallest absolute Gasteiger partial charge is 0.116 e. The van der Waals surface area contributed by atoms with Crippen LogP contribution >= 0.6 is 0 Å². The van der Waals surface area contributed by atoms with Gasteiger partial charge in [-0.3, -0.25) is 4.99 Å². The van der Waals surface area contributed by atoms with Gasteiger partial charge in [-0.15, -0.1) is 0 Å². The van der Waals surface area contributed by atoms with Crippen molar-refractivity contribution < 1.29 is 4.74 Å². The summed E-state index contributed by atoms with van der Waals surface area (Å²) in [7, 11) is 0. The van der Waals surface area contributed by atoms with Crippen LogP contribution in [0, 0.1) is 5.92 Å². The van der Waals surface area contributed by atoms with E-state index in [9.17, 15) is 0 Å². The minimum Gasteiger partial charge on any atom is -0.378 e. The maximum Gasteiger partial charge on any atom is 0.116 e. The molecule has 1 heterocycles. The Labute approximate surface area is 97.6 Å². The standard InChI is InChI=1S/C12H23N3O/c1-9-7-10(8-16-9)12(15-13)14-11-5-3-2-4-6-11/h9-11H,2-8,13H2,1H3,(H,14,15). The van der Waals surface area contributed by atoms with E-state index < -0.39 is 0 Å². The number of amidine groups is 1. The lowest BCUT2D eigenvalue weighted by Crippen LogP contribution is -2.38. The normalized spacial score (nSPS) is 33.0. The van der Waals surface area contributed by atoms with Crippen molar-refractivity contribution in [1.29, 1.82) is 0 Å². The van der Waals surface area contributed by atoms with Crippen LogP contribution in [0.1, 0.15) is 45.4 Å². The van der Waals surface area contributed by atoms with E-state index in [1.165, 1.54) is 32.1 Å². The summed E-state index contributed by atoms with van der Waals surface area (Å²) in [5.74, 6) is 6.91. The van der Waals surface area contributed by atoms with E-state index in [-0.39, 0.29) is 0 Å². The maximum absolute atomic E-state index is 5.58. The topological polar surface area (TPSA) is 59.6 Å². The summed E-state index contributed by atoms with van der Waals surface area (Å²) in [6, 6.07) is 0.482. The molecule has 0 aromatic carbocycles. The molecule has 2 aliphatic rings. The van der Waals surface area contributed by atoms with Crippen LogP contribution in [-0.2, 0) is 4.74 Å². The lowest BCUT2D eigenvalue weighted by Gasteiger charge is -2.20. The molecule has 0 aromatic heterocycles. The number of aliphatic imine (C=N–C) groups is 1. The van der Waals surface area contributed by atoms with Gasteiger partial charge >= 0.3 is 0 Å². The molecular weight excluding hydrogens is 202 g/mol. The molecule has 2 atom stereocenters. The van der Waals surface area contributed by atoms with Crippen molar-refractivity contribution in [3.05, 3.63) is 0 Å². The Bertz CT molecular complexity index is 249. The highest BCUT2D eigenvalue weighted by molar-refractivity contribution is 5.84. The van der Waals surface area contributed by atoms with Crippen molar-refractivity contribution in [3.8, 4) is 0 Å². The van der Waals surface area contributed by atoms with Gasteiger partial charge in [0.2, 0.25) is 0 Å². The van der Waals surface area contributed by atoms with Gasteiger partial charge in [0, 0.05) is 5.92 Å². The Morgan fingerprint density at radius 2 is 2.06 bits per heavy atom. The summed E-state index contributed by atoms with van der Waals surface area (Å²) >= 11 is 0. The molecule has 1 aliphatic heterocycles. The maximum atomic E-state index is 5.58. The molecular formula is C12H23N3O. The zero-order chi connectivity index (χ0) is 11.4. The molecule has 4 nitrogen and oxygen atoms in total. The van der Waals surface area contributed by atoms with Crippen molar-refractivity contribution in [2.24, 2.45) is 16.8 Å². The molecule has 0 spiro atoms. The van der Waals surface area contributed by atoms with Gasteiger partial charge < -0.3 is 10.2 Å². The molecule has 1 saturated heterocycles. The minimum absolute atomic E-state index is 0.343. The third-order valence-electron chi connectivity index (χ3n) is 3.63. The second kappa shape index (κ2) is 5.64. The summed E-state index contributed by atoms with van der Waals surface area (Å²) in [5.41, 5.74) is 2.78.